The minimum absolute atomic E-state index is 0.1000. The number of carbonyl (C=O) groups is 1. The molecule has 0 heterocycles. The highest BCUT2D eigenvalue weighted by atomic mass is 16.1. The lowest BCUT2D eigenvalue weighted by atomic mass is 10.2. The molecule has 0 saturated heterocycles. The van der Waals surface area contributed by atoms with Gasteiger partial charge in [-0.25, -0.2) is 0 Å². The van der Waals surface area contributed by atoms with Crippen molar-refractivity contribution in [3.05, 3.63) is 35.6 Å². The van der Waals surface area contributed by atoms with Crippen LogP contribution in [0.1, 0.15) is 33.1 Å². The summed E-state index contributed by atoms with van der Waals surface area (Å²) >= 11 is 0. The SMILES string of the molecule is CCCC(=O)NC1=CCC=C(C)C=C1. The molecule has 0 fully saturated rings. The Morgan fingerprint density at radius 1 is 1.43 bits per heavy atom. The third-order valence-electron chi connectivity index (χ3n) is 2.06. The van der Waals surface area contributed by atoms with Gasteiger partial charge in [0.2, 0.25) is 5.91 Å². The van der Waals surface area contributed by atoms with Gasteiger partial charge in [0.1, 0.15) is 0 Å². The Bertz CT molecular complexity index is 297. The van der Waals surface area contributed by atoms with Crippen LogP contribution in [0.2, 0.25) is 0 Å². The Labute approximate surface area is 85.4 Å². The van der Waals surface area contributed by atoms with Crippen molar-refractivity contribution in [2.24, 2.45) is 0 Å². The van der Waals surface area contributed by atoms with Gasteiger partial charge < -0.3 is 5.32 Å². The summed E-state index contributed by atoms with van der Waals surface area (Å²) in [5, 5.41) is 2.88. The maximum absolute atomic E-state index is 11.3. The van der Waals surface area contributed by atoms with Crippen LogP contribution in [0.15, 0.2) is 35.6 Å². The summed E-state index contributed by atoms with van der Waals surface area (Å²) in [6.07, 6.45) is 10.5. The van der Waals surface area contributed by atoms with E-state index >= 15 is 0 Å². The first-order valence-corrected chi connectivity index (χ1v) is 5.07. The third kappa shape index (κ3) is 3.60. The summed E-state index contributed by atoms with van der Waals surface area (Å²) in [4.78, 5) is 11.3. The maximum atomic E-state index is 11.3. The standard InChI is InChI=1S/C12H17NO/c1-3-5-12(14)13-11-7-4-6-10(2)8-9-11/h6-9H,3-5H2,1-2H3,(H,13,14). The van der Waals surface area contributed by atoms with Crippen LogP contribution in [0.5, 0.6) is 0 Å². The number of amides is 1. The molecule has 2 nitrogen and oxygen atoms in total. The van der Waals surface area contributed by atoms with Crippen molar-refractivity contribution in [3.63, 3.8) is 0 Å². The van der Waals surface area contributed by atoms with Crippen LogP contribution in [-0.4, -0.2) is 5.91 Å². The molecule has 0 unspecified atom stereocenters. The molecular formula is C12H17NO. The number of nitrogens with one attached hydrogen (secondary N) is 1. The van der Waals surface area contributed by atoms with Crippen molar-refractivity contribution in [3.8, 4) is 0 Å². The quantitative estimate of drug-likeness (QED) is 0.730. The molecule has 1 N–H and O–H groups in total. The van der Waals surface area contributed by atoms with Crippen molar-refractivity contribution >= 4 is 5.91 Å². The molecule has 1 rings (SSSR count). The normalized spacial score (nSPS) is 15.6. The van der Waals surface area contributed by atoms with E-state index in [2.05, 4.69) is 18.3 Å². The number of allylic oxidation sites excluding steroid dienone is 5. The lowest BCUT2D eigenvalue weighted by Gasteiger charge is -2.03. The van der Waals surface area contributed by atoms with Gasteiger partial charge in [-0.3, -0.25) is 4.79 Å². The molecule has 0 atom stereocenters. The smallest absolute Gasteiger partial charge is 0.224 e. The van der Waals surface area contributed by atoms with Gasteiger partial charge in [0.25, 0.3) is 0 Å². The maximum Gasteiger partial charge on any atom is 0.224 e. The van der Waals surface area contributed by atoms with E-state index < -0.39 is 0 Å². The average molecular weight is 191 g/mol. The van der Waals surface area contributed by atoms with E-state index in [4.69, 9.17) is 0 Å². The van der Waals surface area contributed by atoms with E-state index in [1.807, 2.05) is 25.2 Å². The molecule has 0 aromatic heterocycles. The van der Waals surface area contributed by atoms with Gasteiger partial charge in [-0.1, -0.05) is 30.7 Å². The monoisotopic (exact) mass is 191 g/mol. The molecule has 14 heavy (non-hydrogen) atoms. The first-order chi connectivity index (χ1) is 6.72. The highest BCUT2D eigenvalue weighted by molar-refractivity contribution is 5.78. The van der Waals surface area contributed by atoms with Crippen molar-refractivity contribution < 1.29 is 4.79 Å². The van der Waals surface area contributed by atoms with E-state index in [1.165, 1.54) is 5.57 Å². The zero-order valence-corrected chi connectivity index (χ0v) is 8.84. The first kappa shape index (κ1) is 10.8. The molecule has 0 aromatic carbocycles. The van der Waals surface area contributed by atoms with Gasteiger partial charge in [0.15, 0.2) is 0 Å². The molecule has 0 aromatic rings. The molecule has 1 aliphatic rings. The Hall–Kier alpha value is -1.31. The van der Waals surface area contributed by atoms with Crippen LogP contribution in [0.25, 0.3) is 0 Å². The summed E-state index contributed by atoms with van der Waals surface area (Å²) in [7, 11) is 0. The lowest BCUT2D eigenvalue weighted by molar-refractivity contribution is -0.120. The zero-order chi connectivity index (χ0) is 10.4. The van der Waals surface area contributed by atoms with E-state index in [1.54, 1.807) is 0 Å². The molecule has 76 valence electrons. The molecule has 0 bridgehead atoms. The van der Waals surface area contributed by atoms with Gasteiger partial charge in [-0.2, -0.15) is 0 Å². The third-order valence-corrected chi connectivity index (χ3v) is 2.06. The van der Waals surface area contributed by atoms with Crippen LogP contribution in [0.3, 0.4) is 0 Å². The van der Waals surface area contributed by atoms with E-state index in [-0.39, 0.29) is 5.91 Å². The fourth-order valence-electron chi connectivity index (χ4n) is 1.27. The molecule has 0 saturated carbocycles. The highest BCUT2D eigenvalue weighted by Crippen LogP contribution is 2.08. The van der Waals surface area contributed by atoms with Gasteiger partial charge in [0.05, 0.1) is 0 Å². The largest absolute Gasteiger partial charge is 0.326 e. The topological polar surface area (TPSA) is 29.1 Å². The summed E-state index contributed by atoms with van der Waals surface area (Å²) < 4.78 is 0. The predicted octanol–water partition coefficient (Wildman–Crippen LogP) is 2.69. The molecule has 2 heteroatoms. The minimum atomic E-state index is 0.1000. The second kappa shape index (κ2) is 5.43. The summed E-state index contributed by atoms with van der Waals surface area (Å²) in [5.41, 5.74) is 2.15. The fourth-order valence-corrected chi connectivity index (χ4v) is 1.27. The van der Waals surface area contributed by atoms with E-state index in [0.29, 0.717) is 6.42 Å². The van der Waals surface area contributed by atoms with Crippen molar-refractivity contribution in [2.75, 3.05) is 0 Å². The Morgan fingerprint density at radius 3 is 2.93 bits per heavy atom. The molecule has 1 amide bonds. The number of hydrogen-bond donors (Lipinski definition) is 1. The highest BCUT2D eigenvalue weighted by Gasteiger charge is 2.01. The number of rotatable bonds is 3. The van der Waals surface area contributed by atoms with Crippen molar-refractivity contribution in [1.82, 2.24) is 5.32 Å². The molecule has 0 radical (unpaired) electrons. The van der Waals surface area contributed by atoms with Crippen LogP contribution >= 0.6 is 0 Å². The number of carbonyl (C=O) groups excluding carboxylic acids is 1. The first-order valence-electron chi connectivity index (χ1n) is 5.07. The average Bonchev–Trinajstić information content (AvgIpc) is 2.32. The van der Waals surface area contributed by atoms with Gasteiger partial charge in [-0.15, -0.1) is 0 Å². The minimum Gasteiger partial charge on any atom is -0.326 e. The van der Waals surface area contributed by atoms with Gasteiger partial charge in [0, 0.05) is 12.1 Å². The summed E-state index contributed by atoms with van der Waals surface area (Å²) in [6, 6.07) is 0. The van der Waals surface area contributed by atoms with Crippen LogP contribution in [-0.2, 0) is 4.79 Å². The Kier molecular flexibility index (Phi) is 4.17. The van der Waals surface area contributed by atoms with Crippen LogP contribution in [0, 0.1) is 0 Å². The van der Waals surface area contributed by atoms with Crippen molar-refractivity contribution in [2.45, 2.75) is 33.1 Å². The van der Waals surface area contributed by atoms with Gasteiger partial charge >= 0.3 is 0 Å². The fraction of sp³-hybridized carbons (Fsp3) is 0.417. The predicted molar refractivity (Wildman–Crippen MR) is 58.6 cm³/mol. The van der Waals surface area contributed by atoms with E-state index in [0.717, 1.165) is 18.5 Å². The molecular weight excluding hydrogens is 174 g/mol. The van der Waals surface area contributed by atoms with Crippen LogP contribution in [0.4, 0.5) is 0 Å². The second-order valence-electron chi connectivity index (χ2n) is 3.47. The molecule has 0 spiro atoms. The zero-order valence-electron chi connectivity index (χ0n) is 8.84. The Morgan fingerprint density at radius 2 is 2.21 bits per heavy atom. The van der Waals surface area contributed by atoms with Crippen molar-refractivity contribution in [1.29, 1.82) is 0 Å². The summed E-state index contributed by atoms with van der Waals surface area (Å²) in [5.74, 6) is 0.1000. The van der Waals surface area contributed by atoms with Crippen LogP contribution < -0.4 is 5.32 Å². The van der Waals surface area contributed by atoms with Gasteiger partial charge in [-0.05, 0) is 25.8 Å². The second-order valence-corrected chi connectivity index (χ2v) is 3.47. The molecule has 0 aliphatic heterocycles. The summed E-state index contributed by atoms with van der Waals surface area (Å²) in [6.45, 7) is 4.06. The lowest BCUT2D eigenvalue weighted by Crippen LogP contribution is -2.20. The van der Waals surface area contributed by atoms with E-state index in [9.17, 15) is 4.79 Å². The Balaban J connectivity index is 2.51. The molecule has 1 aliphatic carbocycles. The number of hydrogen-bond acceptors (Lipinski definition) is 1.